The maximum atomic E-state index is 6.24. The third-order valence-electron chi connectivity index (χ3n) is 2.64. The van der Waals surface area contributed by atoms with Crippen molar-refractivity contribution in [2.45, 2.75) is 13.5 Å². The Morgan fingerprint density at radius 2 is 1.79 bits per heavy atom. The van der Waals surface area contributed by atoms with E-state index in [2.05, 4.69) is 34.8 Å². The maximum absolute atomic E-state index is 6.24. The molecule has 100 valence electrons. The molecule has 0 unspecified atom stereocenters. The monoisotopic (exact) mass is 387 g/mol. The fourth-order valence-electron chi connectivity index (χ4n) is 1.63. The summed E-state index contributed by atoms with van der Waals surface area (Å²) in [5.74, 6) is 1.57. The van der Waals surface area contributed by atoms with Crippen molar-refractivity contribution >= 4 is 34.2 Å². The lowest BCUT2D eigenvalue weighted by atomic mass is 10.2. The van der Waals surface area contributed by atoms with E-state index >= 15 is 0 Å². The minimum atomic E-state index is 0.726. The second kappa shape index (κ2) is 7.12. The first kappa shape index (κ1) is 14.6. The van der Waals surface area contributed by atoms with Gasteiger partial charge in [0.1, 0.15) is 11.5 Å². The van der Waals surface area contributed by atoms with E-state index in [0.717, 1.165) is 35.2 Å². The summed E-state index contributed by atoms with van der Waals surface area (Å²) in [4.78, 5) is 0. The molecule has 0 spiro atoms. The van der Waals surface area contributed by atoms with Gasteiger partial charge in [0.25, 0.3) is 0 Å². The van der Waals surface area contributed by atoms with E-state index in [0.29, 0.717) is 0 Å². The summed E-state index contributed by atoms with van der Waals surface area (Å²) in [6.45, 7) is 3.78. The molecule has 0 radical (unpaired) electrons. The zero-order valence-corrected chi connectivity index (χ0v) is 13.5. The van der Waals surface area contributed by atoms with Crippen molar-refractivity contribution in [2.75, 3.05) is 6.54 Å². The van der Waals surface area contributed by atoms with Crippen molar-refractivity contribution in [1.82, 2.24) is 5.32 Å². The molecule has 0 fully saturated rings. The third-order valence-corrected chi connectivity index (χ3v) is 3.71. The van der Waals surface area contributed by atoms with E-state index in [4.69, 9.17) is 16.3 Å². The van der Waals surface area contributed by atoms with E-state index in [9.17, 15) is 0 Å². The van der Waals surface area contributed by atoms with Gasteiger partial charge in [0.05, 0.1) is 0 Å². The molecule has 2 rings (SSSR count). The van der Waals surface area contributed by atoms with Crippen LogP contribution in [0.5, 0.6) is 11.5 Å². The van der Waals surface area contributed by atoms with E-state index in [-0.39, 0.29) is 0 Å². The van der Waals surface area contributed by atoms with Crippen LogP contribution in [0, 0.1) is 3.57 Å². The van der Waals surface area contributed by atoms with E-state index in [1.54, 1.807) is 0 Å². The van der Waals surface area contributed by atoms with Gasteiger partial charge in [0, 0.05) is 15.1 Å². The predicted octanol–water partition coefficient (Wildman–Crippen LogP) is 4.85. The Hall–Kier alpha value is -0.780. The highest BCUT2D eigenvalue weighted by molar-refractivity contribution is 14.1. The fraction of sp³-hybridized carbons (Fsp3) is 0.200. The predicted molar refractivity (Wildman–Crippen MR) is 88.1 cm³/mol. The molecule has 0 aliphatic rings. The molecule has 0 aliphatic heterocycles. The highest BCUT2D eigenvalue weighted by atomic mass is 127. The highest BCUT2D eigenvalue weighted by Crippen LogP contribution is 2.27. The van der Waals surface area contributed by atoms with Crippen molar-refractivity contribution in [2.24, 2.45) is 0 Å². The number of hydrogen-bond donors (Lipinski definition) is 1. The summed E-state index contributed by atoms with van der Waals surface area (Å²) in [5, 5.41) is 3.98. The van der Waals surface area contributed by atoms with Gasteiger partial charge in [-0.25, -0.2) is 0 Å². The lowest BCUT2D eigenvalue weighted by Gasteiger charge is -2.09. The second-order valence-corrected chi connectivity index (χ2v) is 5.74. The first-order valence-electron chi connectivity index (χ1n) is 6.11. The average Bonchev–Trinajstić information content (AvgIpc) is 2.41. The molecule has 4 heteroatoms. The molecule has 0 amide bonds. The maximum Gasteiger partial charge on any atom is 0.128 e. The summed E-state index contributed by atoms with van der Waals surface area (Å²) in [5.41, 5.74) is 1.08. The van der Waals surface area contributed by atoms with E-state index in [1.807, 2.05) is 42.5 Å². The minimum Gasteiger partial charge on any atom is -0.457 e. The lowest BCUT2D eigenvalue weighted by Crippen LogP contribution is -2.11. The van der Waals surface area contributed by atoms with Crippen LogP contribution in [0.25, 0.3) is 0 Å². The standard InChI is InChI=1S/C15H15ClINO/c1-2-18-10-11-3-6-14(9-15(11)16)19-13-7-4-12(17)5-8-13/h3-9,18H,2,10H2,1H3. The molecule has 0 atom stereocenters. The quantitative estimate of drug-likeness (QED) is 0.741. The molecular weight excluding hydrogens is 373 g/mol. The summed E-state index contributed by atoms with van der Waals surface area (Å²) < 4.78 is 6.95. The van der Waals surface area contributed by atoms with Crippen LogP contribution in [0.4, 0.5) is 0 Å². The zero-order valence-electron chi connectivity index (χ0n) is 10.6. The smallest absolute Gasteiger partial charge is 0.128 e. The number of hydrogen-bond acceptors (Lipinski definition) is 2. The first-order valence-corrected chi connectivity index (χ1v) is 7.57. The van der Waals surface area contributed by atoms with Gasteiger partial charge in [-0.1, -0.05) is 24.6 Å². The van der Waals surface area contributed by atoms with E-state index < -0.39 is 0 Å². The molecule has 2 nitrogen and oxygen atoms in total. The topological polar surface area (TPSA) is 21.3 Å². The first-order chi connectivity index (χ1) is 9.19. The Morgan fingerprint density at radius 1 is 1.11 bits per heavy atom. The van der Waals surface area contributed by atoms with Crippen LogP contribution < -0.4 is 10.1 Å². The largest absolute Gasteiger partial charge is 0.457 e. The Kier molecular flexibility index (Phi) is 5.48. The van der Waals surface area contributed by atoms with Gasteiger partial charge in [0.2, 0.25) is 0 Å². The molecule has 2 aromatic carbocycles. The van der Waals surface area contributed by atoms with Gasteiger partial charge in [-0.3, -0.25) is 0 Å². The van der Waals surface area contributed by atoms with Gasteiger partial charge in [0.15, 0.2) is 0 Å². The fourth-order valence-corrected chi connectivity index (χ4v) is 2.23. The molecule has 0 saturated heterocycles. The number of nitrogens with one attached hydrogen (secondary N) is 1. The van der Waals surface area contributed by atoms with Crippen LogP contribution in [-0.4, -0.2) is 6.54 Å². The van der Waals surface area contributed by atoms with Crippen LogP contribution in [0.3, 0.4) is 0 Å². The highest BCUT2D eigenvalue weighted by Gasteiger charge is 2.03. The summed E-state index contributed by atoms with van der Waals surface area (Å²) in [6.07, 6.45) is 0. The van der Waals surface area contributed by atoms with Gasteiger partial charge < -0.3 is 10.1 Å². The average molecular weight is 388 g/mol. The molecule has 2 aromatic rings. The van der Waals surface area contributed by atoms with Crippen molar-refractivity contribution in [3.8, 4) is 11.5 Å². The molecule has 0 aliphatic carbocycles. The van der Waals surface area contributed by atoms with Crippen molar-refractivity contribution < 1.29 is 4.74 Å². The summed E-state index contributed by atoms with van der Waals surface area (Å²) in [7, 11) is 0. The van der Waals surface area contributed by atoms with Gasteiger partial charge in [-0.05, 0) is 71.1 Å². The molecule has 0 saturated carbocycles. The Balaban J connectivity index is 2.09. The Labute approximate surface area is 132 Å². The normalized spacial score (nSPS) is 10.5. The zero-order chi connectivity index (χ0) is 13.7. The van der Waals surface area contributed by atoms with Crippen molar-refractivity contribution in [3.05, 3.63) is 56.6 Å². The van der Waals surface area contributed by atoms with Gasteiger partial charge in [-0.15, -0.1) is 0 Å². The molecular formula is C15H15ClINO. The van der Waals surface area contributed by atoms with Crippen LogP contribution in [0.15, 0.2) is 42.5 Å². The van der Waals surface area contributed by atoms with Crippen molar-refractivity contribution in [1.29, 1.82) is 0 Å². The molecule has 0 aromatic heterocycles. The Bertz CT molecular complexity index is 542. The van der Waals surface area contributed by atoms with Crippen LogP contribution in [-0.2, 0) is 6.54 Å². The van der Waals surface area contributed by atoms with Crippen LogP contribution >= 0.6 is 34.2 Å². The molecule has 19 heavy (non-hydrogen) atoms. The van der Waals surface area contributed by atoms with Crippen LogP contribution in [0.2, 0.25) is 5.02 Å². The Morgan fingerprint density at radius 3 is 2.42 bits per heavy atom. The van der Waals surface area contributed by atoms with Gasteiger partial charge in [-0.2, -0.15) is 0 Å². The number of ether oxygens (including phenoxy) is 1. The lowest BCUT2D eigenvalue weighted by molar-refractivity contribution is 0.482. The number of rotatable bonds is 5. The number of halogens is 2. The molecule has 0 heterocycles. The van der Waals surface area contributed by atoms with Crippen molar-refractivity contribution in [3.63, 3.8) is 0 Å². The summed E-state index contributed by atoms with van der Waals surface area (Å²) in [6, 6.07) is 13.7. The molecule has 0 bridgehead atoms. The van der Waals surface area contributed by atoms with Crippen LogP contribution in [0.1, 0.15) is 12.5 Å². The minimum absolute atomic E-state index is 0.726. The third kappa shape index (κ3) is 4.37. The van der Waals surface area contributed by atoms with E-state index in [1.165, 1.54) is 3.57 Å². The summed E-state index contributed by atoms with van der Waals surface area (Å²) >= 11 is 8.50. The van der Waals surface area contributed by atoms with Gasteiger partial charge >= 0.3 is 0 Å². The molecule has 1 N–H and O–H groups in total. The SMILES string of the molecule is CCNCc1ccc(Oc2ccc(I)cc2)cc1Cl. The second-order valence-electron chi connectivity index (χ2n) is 4.09. The number of benzene rings is 2.